The lowest BCUT2D eigenvalue weighted by Crippen LogP contribution is -2.15. The summed E-state index contributed by atoms with van der Waals surface area (Å²) in [6, 6.07) is 2.36. The Bertz CT molecular complexity index is 857. The van der Waals surface area contributed by atoms with Gasteiger partial charge in [0.25, 0.3) is 10.0 Å². The first kappa shape index (κ1) is 15.8. The predicted octanol–water partition coefficient (Wildman–Crippen LogP) is 0.637. The van der Waals surface area contributed by atoms with Gasteiger partial charge in [-0.05, 0) is 31.5 Å². The van der Waals surface area contributed by atoms with Crippen molar-refractivity contribution in [3.63, 3.8) is 0 Å². The fourth-order valence-electron chi connectivity index (χ4n) is 1.79. The van der Waals surface area contributed by atoms with Crippen LogP contribution in [0, 0.1) is 13.8 Å². The number of anilines is 1. The third kappa shape index (κ3) is 2.72. The van der Waals surface area contributed by atoms with Crippen LogP contribution in [0.3, 0.4) is 0 Å². The normalized spacial score (nSPS) is 11.4. The van der Waals surface area contributed by atoms with Gasteiger partial charge in [0.1, 0.15) is 10.5 Å². The van der Waals surface area contributed by atoms with Gasteiger partial charge in [-0.1, -0.05) is 5.21 Å². The van der Waals surface area contributed by atoms with Crippen LogP contribution in [0.5, 0.6) is 5.75 Å². The second-order valence-electron chi connectivity index (χ2n) is 4.72. The molecule has 0 spiro atoms. The van der Waals surface area contributed by atoms with Gasteiger partial charge in [0.15, 0.2) is 11.6 Å². The molecule has 0 unspecified atom stereocenters. The molecule has 2 rings (SSSR count). The molecule has 0 amide bonds. The summed E-state index contributed by atoms with van der Waals surface area (Å²) in [5.74, 6) is -2.25. The summed E-state index contributed by atoms with van der Waals surface area (Å²) in [6.07, 6.45) is 0. The quantitative estimate of drug-likeness (QED) is 0.750. The molecule has 0 bridgehead atoms. The van der Waals surface area contributed by atoms with Crippen molar-refractivity contribution in [2.45, 2.75) is 18.7 Å². The Balaban J connectivity index is 2.55. The van der Waals surface area contributed by atoms with Crippen molar-refractivity contribution >= 4 is 21.8 Å². The second-order valence-corrected chi connectivity index (χ2v) is 6.37. The van der Waals surface area contributed by atoms with E-state index in [0.717, 1.165) is 0 Å². The molecule has 0 aliphatic heterocycles. The van der Waals surface area contributed by atoms with Crippen LogP contribution in [-0.4, -0.2) is 39.6 Å². The molecule has 0 aliphatic rings. The number of aromatic nitrogens is 3. The van der Waals surface area contributed by atoms with Crippen LogP contribution in [-0.2, 0) is 17.1 Å². The molecule has 9 nitrogen and oxygen atoms in total. The van der Waals surface area contributed by atoms with E-state index < -0.39 is 32.2 Å². The van der Waals surface area contributed by atoms with Crippen LogP contribution in [0.2, 0.25) is 0 Å². The summed E-state index contributed by atoms with van der Waals surface area (Å²) in [4.78, 5) is 10.5. The zero-order chi connectivity index (χ0) is 16.7. The second kappa shape index (κ2) is 5.30. The van der Waals surface area contributed by atoms with Crippen LogP contribution < -0.4 is 4.72 Å². The number of nitrogens with one attached hydrogen (secondary N) is 1. The summed E-state index contributed by atoms with van der Waals surface area (Å²) in [5.41, 5.74) is 0.358. The van der Waals surface area contributed by atoms with Gasteiger partial charge in [0.05, 0.1) is 5.69 Å². The van der Waals surface area contributed by atoms with Crippen LogP contribution in [0.25, 0.3) is 0 Å². The maximum atomic E-state index is 12.4. The summed E-state index contributed by atoms with van der Waals surface area (Å²) in [7, 11) is -2.62. The number of nitrogens with zero attached hydrogens (tertiary/aromatic N) is 3. The van der Waals surface area contributed by atoms with Crippen molar-refractivity contribution < 1.29 is 23.4 Å². The maximum absolute atomic E-state index is 12.4. The summed E-state index contributed by atoms with van der Waals surface area (Å²) in [5, 5.41) is 26.3. The van der Waals surface area contributed by atoms with Gasteiger partial charge in [-0.15, -0.1) is 5.10 Å². The highest BCUT2D eigenvalue weighted by Gasteiger charge is 2.25. The monoisotopic (exact) mass is 326 g/mol. The third-order valence-electron chi connectivity index (χ3n) is 3.08. The van der Waals surface area contributed by atoms with E-state index in [2.05, 4.69) is 15.0 Å². The lowest BCUT2D eigenvalue weighted by atomic mass is 10.1. The molecule has 10 heteroatoms. The van der Waals surface area contributed by atoms with Gasteiger partial charge in [-0.2, -0.15) is 0 Å². The number of aromatic carboxylic acids is 1. The minimum atomic E-state index is -4.21. The Hall–Kier alpha value is -2.62. The van der Waals surface area contributed by atoms with E-state index in [0.29, 0.717) is 11.3 Å². The molecular formula is C12H14N4O5S. The fourth-order valence-corrected chi connectivity index (χ4v) is 3.05. The SMILES string of the molecule is Cc1cc(C(=O)O)c(O)c(S(=O)(=O)Nc2nnn(C)c2C)c1. The molecule has 0 radical (unpaired) electrons. The molecule has 0 atom stereocenters. The minimum absolute atomic E-state index is 0.000260. The molecular weight excluding hydrogens is 312 g/mol. The Morgan fingerprint density at radius 1 is 1.32 bits per heavy atom. The molecule has 2 aromatic rings. The molecule has 0 aliphatic carbocycles. The fraction of sp³-hybridized carbons (Fsp3) is 0.250. The number of hydrogen-bond acceptors (Lipinski definition) is 6. The molecule has 3 N–H and O–H groups in total. The van der Waals surface area contributed by atoms with Crippen LogP contribution >= 0.6 is 0 Å². The van der Waals surface area contributed by atoms with E-state index in [9.17, 15) is 18.3 Å². The lowest BCUT2D eigenvalue weighted by Gasteiger charge is -2.11. The Kier molecular flexibility index (Phi) is 3.79. The number of phenols is 1. The van der Waals surface area contributed by atoms with Crippen molar-refractivity contribution in [1.82, 2.24) is 15.0 Å². The van der Waals surface area contributed by atoms with E-state index in [4.69, 9.17) is 5.11 Å². The van der Waals surface area contributed by atoms with Crippen molar-refractivity contribution in [3.8, 4) is 5.75 Å². The zero-order valence-corrected chi connectivity index (χ0v) is 12.8. The van der Waals surface area contributed by atoms with E-state index in [1.54, 1.807) is 14.0 Å². The minimum Gasteiger partial charge on any atom is -0.506 e. The first-order chi connectivity index (χ1) is 10.1. The largest absolute Gasteiger partial charge is 0.506 e. The average Bonchev–Trinajstić information content (AvgIpc) is 2.72. The number of aryl methyl sites for hydroxylation is 2. The summed E-state index contributed by atoms with van der Waals surface area (Å²) >= 11 is 0. The topological polar surface area (TPSA) is 134 Å². The van der Waals surface area contributed by atoms with E-state index >= 15 is 0 Å². The summed E-state index contributed by atoms with van der Waals surface area (Å²) in [6.45, 7) is 3.13. The van der Waals surface area contributed by atoms with E-state index in [1.165, 1.54) is 23.7 Å². The molecule has 1 aromatic heterocycles. The third-order valence-corrected chi connectivity index (χ3v) is 4.43. The highest BCUT2D eigenvalue weighted by atomic mass is 32.2. The van der Waals surface area contributed by atoms with Gasteiger partial charge in [-0.25, -0.2) is 13.2 Å². The number of benzene rings is 1. The molecule has 0 fully saturated rings. The number of hydrogen-bond donors (Lipinski definition) is 3. The first-order valence-corrected chi connectivity index (χ1v) is 7.58. The predicted molar refractivity (Wildman–Crippen MR) is 76.4 cm³/mol. The van der Waals surface area contributed by atoms with E-state index in [1.807, 2.05) is 0 Å². The Morgan fingerprint density at radius 3 is 2.45 bits per heavy atom. The average molecular weight is 326 g/mol. The van der Waals surface area contributed by atoms with Gasteiger partial charge in [0.2, 0.25) is 0 Å². The molecule has 1 aromatic carbocycles. The zero-order valence-electron chi connectivity index (χ0n) is 12.0. The number of carboxylic acids is 1. The lowest BCUT2D eigenvalue weighted by molar-refractivity contribution is 0.0693. The van der Waals surface area contributed by atoms with Crippen molar-refractivity contribution in [3.05, 3.63) is 29.0 Å². The maximum Gasteiger partial charge on any atom is 0.339 e. The highest BCUT2D eigenvalue weighted by molar-refractivity contribution is 7.92. The number of aromatic hydroxyl groups is 1. The smallest absolute Gasteiger partial charge is 0.339 e. The standard InChI is InChI=1S/C12H14N4O5S/c1-6-4-8(12(18)19)10(17)9(5-6)22(20,21)14-11-7(2)16(3)15-13-11/h4-5,14,17H,1-3H3,(H,18,19). The van der Waals surface area contributed by atoms with E-state index in [-0.39, 0.29) is 5.82 Å². The van der Waals surface area contributed by atoms with Gasteiger partial charge >= 0.3 is 5.97 Å². The highest BCUT2D eigenvalue weighted by Crippen LogP contribution is 2.30. The van der Waals surface area contributed by atoms with Crippen molar-refractivity contribution in [2.75, 3.05) is 4.72 Å². The number of carbonyl (C=O) groups is 1. The number of rotatable bonds is 4. The molecule has 22 heavy (non-hydrogen) atoms. The Morgan fingerprint density at radius 2 is 1.95 bits per heavy atom. The summed E-state index contributed by atoms with van der Waals surface area (Å²) < 4.78 is 28.3. The van der Waals surface area contributed by atoms with Gasteiger partial charge in [-0.3, -0.25) is 9.40 Å². The van der Waals surface area contributed by atoms with Crippen molar-refractivity contribution in [2.24, 2.45) is 7.05 Å². The van der Waals surface area contributed by atoms with Crippen molar-refractivity contribution in [1.29, 1.82) is 0 Å². The van der Waals surface area contributed by atoms with Crippen LogP contribution in [0.15, 0.2) is 17.0 Å². The molecule has 118 valence electrons. The molecule has 0 saturated carbocycles. The van der Waals surface area contributed by atoms with Gasteiger partial charge < -0.3 is 10.2 Å². The first-order valence-electron chi connectivity index (χ1n) is 6.09. The van der Waals surface area contributed by atoms with Crippen LogP contribution in [0.1, 0.15) is 21.6 Å². The Labute approximate surface area is 126 Å². The van der Waals surface area contributed by atoms with Crippen LogP contribution in [0.4, 0.5) is 5.82 Å². The number of carboxylic acid groups (broad SMARTS) is 1. The molecule has 0 saturated heterocycles. The molecule has 1 heterocycles. The van der Waals surface area contributed by atoms with Gasteiger partial charge in [0, 0.05) is 7.05 Å². The number of sulfonamides is 1.